The molecule has 0 unspecified atom stereocenters. The van der Waals surface area contributed by atoms with Crippen LogP contribution in [0.2, 0.25) is 0 Å². The van der Waals surface area contributed by atoms with Crippen LogP contribution < -0.4 is 5.43 Å². The van der Waals surface area contributed by atoms with Crippen molar-refractivity contribution in [3.63, 3.8) is 0 Å². The van der Waals surface area contributed by atoms with Crippen LogP contribution in [0.1, 0.15) is 12.0 Å². The van der Waals surface area contributed by atoms with Gasteiger partial charge in [-0.1, -0.05) is 12.1 Å². The van der Waals surface area contributed by atoms with Crippen LogP contribution in [0.25, 0.3) is 0 Å². The van der Waals surface area contributed by atoms with Gasteiger partial charge >= 0.3 is 0 Å². The summed E-state index contributed by atoms with van der Waals surface area (Å²) in [6, 6.07) is 6.21. The Morgan fingerprint density at radius 1 is 1.27 bits per heavy atom. The monoisotopic (exact) mass is 204 g/mol. The van der Waals surface area contributed by atoms with Gasteiger partial charge in [-0.25, -0.2) is 9.82 Å². The summed E-state index contributed by atoms with van der Waals surface area (Å²) in [5.41, 5.74) is 4.26. The van der Waals surface area contributed by atoms with Crippen molar-refractivity contribution in [1.29, 1.82) is 0 Å². The summed E-state index contributed by atoms with van der Waals surface area (Å²) in [5, 5.41) is 4.03. The van der Waals surface area contributed by atoms with Gasteiger partial charge in [-0.3, -0.25) is 4.79 Å². The fourth-order valence-corrected chi connectivity index (χ4v) is 1.97. The first-order chi connectivity index (χ1) is 7.25. The molecular formula is C11H9FN2O. The maximum Gasteiger partial charge on any atom is 0.243 e. The molecule has 3 rings (SSSR count). The number of fused-ring (bicyclic) bond motifs is 1. The maximum absolute atomic E-state index is 12.7. The molecule has 1 aromatic carbocycles. The van der Waals surface area contributed by atoms with Crippen LogP contribution in [0.5, 0.6) is 0 Å². The second-order valence-electron chi connectivity index (χ2n) is 3.93. The predicted molar refractivity (Wildman–Crippen MR) is 52.7 cm³/mol. The Balaban J connectivity index is 1.95. The Morgan fingerprint density at radius 2 is 2.00 bits per heavy atom. The number of carbonyl (C=O) groups is 1. The maximum atomic E-state index is 12.7. The number of halogens is 1. The van der Waals surface area contributed by atoms with Crippen LogP contribution in [-0.4, -0.2) is 11.6 Å². The van der Waals surface area contributed by atoms with Crippen molar-refractivity contribution < 1.29 is 9.18 Å². The molecule has 15 heavy (non-hydrogen) atoms. The second-order valence-corrected chi connectivity index (χ2v) is 3.93. The topological polar surface area (TPSA) is 41.5 Å². The zero-order valence-corrected chi connectivity index (χ0v) is 7.90. The van der Waals surface area contributed by atoms with E-state index in [1.807, 2.05) is 0 Å². The van der Waals surface area contributed by atoms with Gasteiger partial charge in [0, 0.05) is 11.8 Å². The van der Waals surface area contributed by atoms with Crippen LogP contribution in [0.4, 0.5) is 4.39 Å². The number of rotatable bonds is 1. The molecule has 3 nitrogen and oxygen atoms in total. The van der Waals surface area contributed by atoms with Crippen LogP contribution in [0, 0.1) is 17.7 Å². The highest BCUT2D eigenvalue weighted by molar-refractivity contribution is 6.09. The van der Waals surface area contributed by atoms with E-state index in [1.54, 1.807) is 12.1 Å². The molecule has 1 fully saturated rings. The normalized spacial score (nSPS) is 27.8. The summed E-state index contributed by atoms with van der Waals surface area (Å²) < 4.78 is 12.7. The lowest BCUT2D eigenvalue weighted by molar-refractivity contribution is -0.122. The average molecular weight is 204 g/mol. The average Bonchev–Trinajstić information content (AvgIpc) is 3.01. The number of hydrogen-bond donors (Lipinski definition) is 1. The van der Waals surface area contributed by atoms with E-state index in [2.05, 4.69) is 10.5 Å². The number of hydrogen-bond acceptors (Lipinski definition) is 2. The first-order valence-corrected chi connectivity index (χ1v) is 4.89. The lowest BCUT2D eigenvalue weighted by Gasteiger charge is -2.11. The van der Waals surface area contributed by atoms with Crippen molar-refractivity contribution in [2.45, 2.75) is 6.42 Å². The molecule has 0 aromatic heterocycles. The van der Waals surface area contributed by atoms with Crippen molar-refractivity contribution >= 4 is 11.6 Å². The molecule has 1 heterocycles. The largest absolute Gasteiger partial charge is 0.273 e. The highest BCUT2D eigenvalue weighted by Gasteiger charge is 2.49. The summed E-state index contributed by atoms with van der Waals surface area (Å²) in [5.74, 6) is 0.0733. The Labute approximate surface area is 86.0 Å². The van der Waals surface area contributed by atoms with Crippen molar-refractivity contribution in [2.24, 2.45) is 16.9 Å². The van der Waals surface area contributed by atoms with Crippen molar-refractivity contribution in [3.05, 3.63) is 35.6 Å². The number of carbonyl (C=O) groups excluding carboxylic acids is 1. The molecule has 1 saturated carbocycles. The number of nitrogens with one attached hydrogen (secondary N) is 1. The van der Waals surface area contributed by atoms with E-state index in [1.165, 1.54) is 12.1 Å². The fraction of sp³-hybridized carbons (Fsp3) is 0.273. The minimum atomic E-state index is -0.258. The van der Waals surface area contributed by atoms with E-state index in [0.29, 0.717) is 0 Å². The van der Waals surface area contributed by atoms with Gasteiger partial charge in [-0.15, -0.1) is 0 Å². The summed E-state index contributed by atoms with van der Waals surface area (Å²) >= 11 is 0. The molecule has 76 valence electrons. The Hall–Kier alpha value is -1.71. The van der Waals surface area contributed by atoms with E-state index in [0.717, 1.165) is 17.7 Å². The Kier molecular flexibility index (Phi) is 1.65. The molecule has 1 N–H and O–H groups in total. The highest BCUT2D eigenvalue weighted by atomic mass is 19.1. The molecule has 0 spiro atoms. The zero-order valence-electron chi connectivity index (χ0n) is 7.90. The Bertz CT molecular complexity index is 452. The van der Waals surface area contributed by atoms with Gasteiger partial charge in [0.1, 0.15) is 5.82 Å². The van der Waals surface area contributed by atoms with Crippen LogP contribution in [0.3, 0.4) is 0 Å². The number of nitrogens with zero attached hydrogens (tertiary/aromatic N) is 1. The molecule has 1 aliphatic carbocycles. The van der Waals surface area contributed by atoms with Gasteiger partial charge in [0.05, 0.1) is 5.71 Å². The standard InChI is InChI=1S/C11H9FN2O/c12-7-3-1-6(2-4-7)10-8-5-9(8)11(15)14-13-10/h1-4,8-9H,5H2,(H,14,15)/t8-,9-/m0/s1. The molecule has 2 aliphatic rings. The molecule has 0 radical (unpaired) electrons. The van der Waals surface area contributed by atoms with Crippen LogP contribution >= 0.6 is 0 Å². The summed E-state index contributed by atoms with van der Waals surface area (Å²) in [4.78, 5) is 11.2. The van der Waals surface area contributed by atoms with Gasteiger partial charge < -0.3 is 0 Å². The molecule has 4 heteroatoms. The fourth-order valence-electron chi connectivity index (χ4n) is 1.97. The van der Waals surface area contributed by atoms with E-state index >= 15 is 0 Å². The van der Waals surface area contributed by atoms with E-state index in [-0.39, 0.29) is 23.6 Å². The van der Waals surface area contributed by atoms with Gasteiger partial charge in [0.2, 0.25) is 5.91 Å². The quantitative estimate of drug-likeness (QED) is 0.736. The van der Waals surface area contributed by atoms with E-state index < -0.39 is 0 Å². The van der Waals surface area contributed by atoms with Gasteiger partial charge in [0.15, 0.2) is 0 Å². The van der Waals surface area contributed by atoms with Gasteiger partial charge in [-0.2, -0.15) is 5.10 Å². The first-order valence-electron chi connectivity index (χ1n) is 4.89. The molecule has 1 aromatic rings. The van der Waals surface area contributed by atoms with Crippen LogP contribution in [-0.2, 0) is 4.79 Å². The van der Waals surface area contributed by atoms with E-state index in [9.17, 15) is 9.18 Å². The van der Waals surface area contributed by atoms with E-state index in [4.69, 9.17) is 0 Å². The van der Waals surface area contributed by atoms with Gasteiger partial charge in [0.25, 0.3) is 0 Å². The molecule has 0 bridgehead atoms. The minimum absolute atomic E-state index is 0.00543. The summed E-state index contributed by atoms with van der Waals surface area (Å²) in [6.45, 7) is 0. The first kappa shape index (κ1) is 8.59. The van der Waals surface area contributed by atoms with Crippen molar-refractivity contribution in [2.75, 3.05) is 0 Å². The molecule has 1 amide bonds. The zero-order chi connectivity index (χ0) is 10.4. The summed E-state index contributed by atoms with van der Waals surface area (Å²) in [7, 11) is 0. The number of amides is 1. The van der Waals surface area contributed by atoms with Gasteiger partial charge in [-0.05, 0) is 24.1 Å². The third-order valence-electron chi connectivity index (χ3n) is 2.90. The lowest BCUT2D eigenvalue weighted by Crippen LogP contribution is -2.28. The second kappa shape index (κ2) is 2.89. The number of benzene rings is 1. The third kappa shape index (κ3) is 1.33. The lowest BCUT2D eigenvalue weighted by atomic mass is 10.0. The Morgan fingerprint density at radius 3 is 2.73 bits per heavy atom. The van der Waals surface area contributed by atoms with Crippen LogP contribution in [0.15, 0.2) is 29.4 Å². The smallest absolute Gasteiger partial charge is 0.243 e. The van der Waals surface area contributed by atoms with Crippen molar-refractivity contribution in [1.82, 2.24) is 5.43 Å². The number of hydrazone groups is 1. The molecule has 1 aliphatic heterocycles. The minimum Gasteiger partial charge on any atom is -0.273 e. The SMILES string of the molecule is O=C1NN=C(c2ccc(F)cc2)[C@H]2C[C@H]12. The predicted octanol–water partition coefficient (Wildman–Crippen LogP) is 1.30. The van der Waals surface area contributed by atoms with Crippen molar-refractivity contribution in [3.8, 4) is 0 Å². The summed E-state index contributed by atoms with van der Waals surface area (Å²) in [6.07, 6.45) is 0.863. The molecule has 0 saturated heterocycles. The highest BCUT2D eigenvalue weighted by Crippen LogP contribution is 2.43. The molecular weight excluding hydrogens is 195 g/mol. The molecule has 2 atom stereocenters. The third-order valence-corrected chi connectivity index (χ3v) is 2.90.